The summed E-state index contributed by atoms with van der Waals surface area (Å²) in [5.74, 6) is 0.756. The summed E-state index contributed by atoms with van der Waals surface area (Å²) < 4.78 is 5.32. The van der Waals surface area contributed by atoms with Gasteiger partial charge < -0.3 is 14.7 Å². The molecule has 0 heterocycles. The summed E-state index contributed by atoms with van der Waals surface area (Å²) in [7, 11) is 1.51. The van der Waals surface area contributed by atoms with Gasteiger partial charge in [-0.1, -0.05) is 18.2 Å². The van der Waals surface area contributed by atoms with E-state index in [1.54, 1.807) is 0 Å². The van der Waals surface area contributed by atoms with E-state index >= 15 is 0 Å². The van der Waals surface area contributed by atoms with Crippen molar-refractivity contribution in [1.82, 2.24) is 4.90 Å². The number of carboxylic acid groups (broad SMARTS) is 1. The first kappa shape index (κ1) is 10.4. The molecule has 1 amide bonds. The van der Waals surface area contributed by atoms with Crippen LogP contribution in [0.1, 0.15) is 0 Å². The molecule has 0 spiro atoms. The van der Waals surface area contributed by atoms with Crippen molar-refractivity contribution in [1.29, 1.82) is 0 Å². The molecule has 0 bridgehead atoms. The van der Waals surface area contributed by atoms with Crippen molar-refractivity contribution in [3.05, 3.63) is 30.3 Å². The van der Waals surface area contributed by atoms with E-state index in [0.717, 1.165) is 5.75 Å². The highest BCUT2D eigenvalue weighted by Crippen LogP contribution is 2.07. The van der Waals surface area contributed by atoms with Crippen molar-refractivity contribution in [3.63, 3.8) is 0 Å². The van der Waals surface area contributed by atoms with E-state index in [4.69, 9.17) is 9.84 Å². The molecule has 0 saturated heterocycles. The van der Waals surface area contributed by atoms with Crippen LogP contribution in [0.15, 0.2) is 30.3 Å². The first-order valence-corrected chi connectivity index (χ1v) is 4.32. The van der Waals surface area contributed by atoms with Gasteiger partial charge in [0.15, 0.2) is 0 Å². The Balaban J connectivity index is 2.26. The second kappa shape index (κ2) is 5.11. The number of para-hydroxylation sites is 1. The highest BCUT2D eigenvalue weighted by atomic mass is 16.5. The lowest BCUT2D eigenvalue weighted by molar-refractivity contribution is 0.147. The van der Waals surface area contributed by atoms with Crippen LogP contribution in [-0.2, 0) is 0 Å². The number of likely N-dealkylation sites (N-methyl/N-ethyl adjacent to an activating group) is 1. The summed E-state index contributed by atoms with van der Waals surface area (Å²) in [5.41, 5.74) is 0. The first-order chi connectivity index (χ1) is 6.70. The van der Waals surface area contributed by atoms with Gasteiger partial charge in [0, 0.05) is 7.05 Å². The van der Waals surface area contributed by atoms with Gasteiger partial charge in [0.05, 0.1) is 6.54 Å². The molecule has 0 atom stereocenters. The maximum atomic E-state index is 10.4. The molecule has 1 rings (SSSR count). The van der Waals surface area contributed by atoms with E-state index in [9.17, 15) is 4.79 Å². The molecule has 0 unspecified atom stereocenters. The van der Waals surface area contributed by atoms with Crippen LogP contribution in [0.4, 0.5) is 4.79 Å². The topological polar surface area (TPSA) is 49.8 Å². The van der Waals surface area contributed by atoms with Crippen LogP contribution >= 0.6 is 0 Å². The number of rotatable bonds is 4. The quantitative estimate of drug-likeness (QED) is 0.795. The lowest BCUT2D eigenvalue weighted by Gasteiger charge is -2.13. The molecule has 0 aliphatic carbocycles. The fourth-order valence-corrected chi connectivity index (χ4v) is 0.913. The van der Waals surface area contributed by atoms with Gasteiger partial charge in [0.1, 0.15) is 12.4 Å². The minimum absolute atomic E-state index is 0.365. The van der Waals surface area contributed by atoms with Crippen molar-refractivity contribution in [2.75, 3.05) is 20.2 Å². The van der Waals surface area contributed by atoms with E-state index in [0.29, 0.717) is 13.2 Å². The van der Waals surface area contributed by atoms with Crippen LogP contribution in [0.2, 0.25) is 0 Å². The van der Waals surface area contributed by atoms with E-state index in [2.05, 4.69) is 0 Å². The van der Waals surface area contributed by atoms with Crippen LogP contribution in [-0.4, -0.2) is 36.3 Å². The van der Waals surface area contributed by atoms with Gasteiger partial charge >= 0.3 is 6.09 Å². The Bertz CT molecular complexity index is 287. The fraction of sp³-hybridized carbons (Fsp3) is 0.300. The molecule has 0 aromatic heterocycles. The van der Waals surface area contributed by atoms with Gasteiger partial charge in [0.2, 0.25) is 0 Å². The molecule has 4 nitrogen and oxygen atoms in total. The molecule has 1 aromatic rings. The van der Waals surface area contributed by atoms with Crippen LogP contribution in [0, 0.1) is 0 Å². The summed E-state index contributed by atoms with van der Waals surface area (Å²) in [6, 6.07) is 9.31. The fourth-order valence-electron chi connectivity index (χ4n) is 0.913. The SMILES string of the molecule is CN(CCOc1ccccc1)C(=O)O. The smallest absolute Gasteiger partial charge is 0.407 e. The third-order valence-corrected chi connectivity index (χ3v) is 1.77. The molecule has 0 aliphatic heterocycles. The lowest BCUT2D eigenvalue weighted by Crippen LogP contribution is -2.29. The standard InChI is InChI=1S/C10H13NO3/c1-11(10(12)13)7-8-14-9-5-3-2-4-6-9/h2-6H,7-8H2,1H3,(H,12,13). The summed E-state index contributed by atoms with van der Waals surface area (Å²) >= 11 is 0. The van der Waals surface area contributed by atoms with Gasteiger partial charge in [-0.3, -0.25) is 0 Å². The molecular formula is C10H13NO3. The number of carbonyl (C=O) groups is 1. The molecule has 1 aromatic carbocycles. The average Bonchev–Trinajstić information content (AvgIpc) is 2.19. The van der Waals surface area contributed by atoms with Gasteiger partial charge in [-0.05, 0) is 12.1 Å². The van der Waals surface area contributed by atoms with Gasteiger partial charge in [-0.2, -0.15) is 0 Å². The van der Waals surface area contributed by atoms with E-state index in [1.165, 1.54) is 11.9 Å². The van der Waals surface area contributed by atoms with Crippen molar-refractivity contribution < 1.29 is 14.6 Å². The third kappa shape index (κ3) is 3.35. The van der Waals surface area contributed by atoms with Crippen LogP contribution < -0.4 is 4.74 Å². The highest BCUT2D eigenvalue weighted by Gasteiger charge is 2.03. The number of hydrogen-bond donors (Lipinski definition) is 1. The van der Waals surface area contributed by atoms with Crippen LogP contribution in [0.25, 0.3) is 0 Å². The summed E-state index contributed by atoms with van der Waals surface area (Å²) in [4.78, 5) is 11.6. The normalized spacial score (nSPS) is 9.50. The maximum absolute atomic E-state index is 10.4. The third-order valence-electron chi connectivity index (χ3n) is 1.77. The van der Waals surface area contributed by atoms with Crippen molar-refractivity contribution in [2.45, 2.75) is 0 Å². The molecule has 76 valence electrons. The van der Waals surface area contributed by atoms with Crippen molar-refractivity contribution in [2.24, 2.45) is 0 Å². The van der Waals surface area contributed by atoms with E-state index < -0.39 is 6.09 Å². The molecule has 14 heavy (non-hydrogen) atoms. The Hall–Kier alpha value is -1.71. The molecule has 0 saturated carbocycles. The van der Waals surface area contributed by atoms with E-state index in [1.807, 2.05) is 30.3 Å². The number of ether oxygens (including phenoxy) is 1. The number of amides is 1. The Morgan fingerprint density at radius 3 is 2.64 bits per heavy atom. The Morgan fingerprint density at radius 2 is 2.07 bits per heavy atom. The molecule has 0 fully saturated rings. The molecule has 0 aliphatic rings. The van der Waals surface area contributed by atoms with E-state index in [-0.39, 0.29) is 0 Å². The summed E-state index contributed by atoms with van der Waals surface area (Å²) in [6.07, 6.45) is -0.943. The molecule has 0 radical (unpaired) electrons. The van der Waals surface area contributed by atoms with Gasteiger partial charge in [0.25, 0.3) is 0 Å². The molecular weight excluding hydrogens is 182 g/mol. The second-order valence-corrected chi connectivity index (χ2v) is 2.87. The first-order valence-electron chi connectivity index (χ1n) is 4.32. The summed E-state index contributed by atoms with van der Waals surface area (Å²) in [5, 5.41) is 8.55. The number of hydrogen-bond acceptors (Lipinski definition) is 2. The predicted octanol–water partition coefficient (Wildman–Crippen LogP) is 1.68. The number of benzene rings is 1. The molecule has 1 N–H and O–H groups in total. The maximum Gasteiger partial charge on any atom is 0.407 e. The van der Waals surface area contributed by atoms with Crippen LogP contribution in [0.5, 0.6) is 5.75 Å². The average molecular weight is 195 g/mol. The zero-order valence-corrected chi connectivity index (χ0v) is 8.01. The van der Waals surface area contributed by atoms with Crippen molar-refractivity contribution >= 4 is 6.09 Å². The van der Waals surface area contributed by atoms with Crippen molar-refractivity contribution in [3.8, 4) is 5.75 Å². The minimum Gasteiger partial charge on any atom is -0.492 e. The number of nitrogens with zero attached hydrogens (tertiary/aromatic N) is 1. The second-order valence-electron chi connectivity index (χ2n) is 2.87. The Labute approximate surface area is 82.7 Å². The monoisotopic (exact) mass is 195 g/mol. The zero-order valence-electron chi connectivity index (χ0n) is 8.01. The largest absolute Gasteiger partial charge is 0.492 e. The summed E-state index contributed by atoms with van der Waals surface area (Å²) in [6.45, 7) is 0.733. The minimum atomic E-state index is -0.943. The van der Waals surface area contributed by atoms with Crippen LogP contribution in [0.3, 0.4) is 0 Å². The Kier molecular flexibility index (Phi) is 3.79. The Morgan fingerprint density at radius 1 is 1.43 bits per heavy atom. The predicted molar refractivity (Wildman–Crippen MR) is 52.6 cm³/mol. The highest BCUT2D eigenvalue weighted by molar-refractivity contribution is 5.64. The van der Waals surface area contributed by atoms with Gasteiger partial charge in [-0.15, -0.1) is 0 Å². The van der Waals surface area contributed by atoms with Gasteiger partial charge in [-0.25, -0.2) is 4.79 Å². The zero-order chi connectivity index (χ0) is 10.4. The molecule has 4 heteroatoms. The lowest BCUT2D eigenvalue weighted by atomic mass is 10.3.